The summed E-state index contributed by atoms with van der Waals surface area (Å²) in [5, 5.41) is 3.44. The van der Waals surface area contributed by atoms with Gasteiger partial charge in [0.15, 0.2) is 0 Å². The van der Waals surface area contributed by atoms with Gasteiger partial charge in [-0.05, 0) is 45.4 Å². The summed E-state index contributed by atoms with van der Waals surface area (Å²) in [6.07, 6.45) is 0.897. The molecule has 0 aliphatic heterocycles. The molecule has 2 aromatic rings. The maximum atomic E-state index is 12.1. The predicted octanol–water partition coefficient (Wildman–Crippen LogP) is 3.11. The second-order valence-corrected chi connectivity index (χ2v) is 6.20. The average molecular weight is 303 g/mol. The zero-order valence-corrected chi connectivity index (χ0v) is 13.4. The Morgan fingerprint density at radius 3 is 2.64 bits per heavy atom. The van der Waals surface area contributed by atoms with Crippen LogP contribution in [-0.2, 0) is 0 Å². The van der Waals surface area contributed by atoms with E-state index in [1.165, 1.54) is 0 Å². The molecule has 5 heteroatoms. The van der Waals surface area contributed by atoms with Gasteiger partial charge in [0.1, 0.15) is 16.9 Å². The Morgan fingerprint density at radius 1 is 1.27 bits per heavy atom. The van der Waals surface area contributed by atoms with Gasteiger partial charge in [0, 0.05) is 17.0 Å². The van der Waals surface area contributed by atoms with E-state index in [2.05, 4.69) is 5.32 Å². The van der Waals surface area contributed by atoms with Gasteiger partial charge in [0.2, 0.25) is 0 Å². The summed E-state index contributed by atoms with van der Waals surface area (Å²) in [7, 11) is 0. The lowest BCUT2D eigenvalue weighted by atomic mass is 10.1. The van der Waals surface area contributed by atoms with Crippen LogP contribution in [0.2, 0.25) is 0 Å². The maximum Gasteiger partial charge on any atom is 0.349 e. The number of ether oxygens (including phenoxy) is 1. The van der Waals surface area contributed by atoms with Crippen LogP contribution in [0.1, 0.15) is 44.5 Å². The van der Waals surface area contributed by atoms with Crippen LogP contribution >= 0.6 is 0 Å². The van der Waals surface area contributed by atoms with Crippen LogP contribution in [0.5, 0.6) is 5.75 Å². The van der Waals surface area contributed by atoms with Gasteiger partial charge in [-0.1, -0.05) is 6.92 Å². The number of hydrogen-bond donors (Lipinski definition) is 1. The standard InChI is InChI=1S/C17H21NO4/c1-5-8-21-12-7-6-11-9-13(15(19)18-17(2,3)4)16(20)22-14(11)10-12/h6-7,9-10H,5,8H2,1-4H3,(H,18,19). The Bertz CT molecular complexity index is 740. The molecule has 2 rings (SSSR count). The zero-order chi connectivity index (χ0) is 16.3. The first-order valence-electron chi connectivity index (χ1n) is 7.33. The minimum atomic E-state index is -0.651. The number of benzene rings is 1. The zero-order valence-electron chi connectivity index (χ0n) is 13.4. The molecule has 0 saturated heterocycles. The molecule has 22 heavy (non-hydrogen) atoms. The van der Waals surface area contributed by atoms with Gasteiger partial charge < -0.3 is 14.5 Å². The minimum absolute atomic E-state index is 0.00431. The lowest BCUT2D eigenvalue weighted by Gasteiger charge is -2.20. The molecule has 0 aliphatic carbocycles. The number of nitrogens with one attached hydrogen (secondary N) is 1. The average Bonchev–Trinajstić information content (AvgIpc) is 2.42. The molecule has 5 nitrogen and oxygen atoms in total. The molecule has 1 aromatic carbocycles. The fourth-order valence-corrected chi connectivity index (χ4v) is 1.97. The number of hydrogen-bond acceptors (Lipinski definition) is 4. The number of amides is 1. The molecule has 118 valence electrons. The van der Waals surface area contributed by atoms with E-state index in [1.54, 1.807) is 24.3 Å². The van der Waals surface area contributed by atoms with Crippen LogP contribution in [0, 0.1) is 0 Å². The van der Waals surface area contributed by atoms with Gasteiger partial charge in [0.05, 0.1) is 6.61 Å². The topological polar surface area (TPSA) is 68.5 Å². The monoisotopic (exact) mass is 303 g/mol. The first-order chi connectivity index (χ1) is 10.3. The molecule has 0 unspecified atom stereocenters. The van der Waals surface area contributed by atoms with Crippen molar-refractivity contribution in [2.45, 2.75) is 39.7 Å². The third-order valence-electron chi connectivity index (χ3n) is 2.91. The summed E-state index contributed by atoms with van der Waals surface area (Å²) in [6, 6.07) is 6.78. The minimum Gasteiger partial charge on any atom is -0.493 e. The summed E-state index contributed by atoms with van der Waals surface area (Å²) in [4.78, 5) is 24.2. The van der Waals surface area contributed by atoms with Crippen molar-refractivity contribution in [3.63, 3.8) is 0 Å². The van der Waals surface area contributed by atoms with E-state index in [0.29, 0.717) is 23.3 Å². The molecule has 0 aliphatic rings. The van der Waals surface area contributed by atoms with E-state index >= 15 is 0 Å². The summed E-state index contributed by atoms with van der Waals surface area (Å²) in [5.74, 6) is 0.207. The van der Waals surface area contributed by atoms with Crippen LogP contribution in [0.25, 0.3) is 11.0 Å². The first kappa shape index (κ1) is 16.1. The largest absolute Gasteiger partial charge is 0.493 e. The summed E-state index contributed by atoms with van der Waals surface area (Å²) in [5.41, 5.74) is -0.659. The van der Waals surface area contributed by atoms with E-state index in [9.17, 15) is 9.59 Å². The Kier molecular flexibility index (Phi) is 4.54. The maximum absolute atomic E-state index is 12.1. The molecular formula is C17H21NO4. The normalized spacial score (nSPS) is 11.5. The SMILES string of the molecule is CCCOc1ccc2cc(C(=O)NC(C)(C)C)c(=O)oc2c1. The van der Waals surface area contributed by atoms with E-state index in [4.69, 9.17) is 9.15 Å². The van der Waals surface area contributed by atoms with Gasteiger partial charge >= 0.3 is 5.63 Å². The molecule has 0 fully saturated rings. The molecule has 0 atom stereocenters. The van der Waals surface area contributed by atoms with Crippen LogP contribution < -0.4 is 15.7 Å². The van der Waals surface area contributed by atoms with E-state index in [1.807, 2.05) is 27.7 Å². The Morgan fingerprint density at radius 2 is 2.00 bits per heavy atom. The van der Waals surface area contributed by atoms with E-state index in [-0.39, 0.29) is 5.56 Å². The smallest absolute Gasteiger partial charge is 0.349 e. The van der Waals surface area contributed by atoms with Gasteiger partial charge in [-0.25, -0.2) is 4.79 Å². The van der Waals surface area contributed by atoms with Crippen LogP contribution in [-0.4, -0.2) is 18.1 Å². The van der Waals surface area contributed by atoms with Crippen molar-refractivity contribution in [3.05, 3.63) is 40.2 Å². The fourth-order valence-electron chi connectivity index (χ4n) is 1.97. The predicted molar refractivity (Wildman–Crippen MR) is 85.5 cm³/mol. The highest BCUT2D eigenvalue weighted by molar-refractivity contribution is 5.97. The van der Waals surface area contributed by atoms with Crippen LogP contribution in [0.4, 0.5) is 0 Å². The van der Waals surface area contributed by atoms with Crippen molar-refractivity contribution in [2.24, 2.45) is 0 Å². The molecule has 1 N–H and O–H groups in total. The quantitative estimate of drug-likeness (QED) is 0.881. The molecule has 0 spiro atoms. The Hall–Kier alpha value is -2.30. The molecule has 1 heterocycles. The molecule has 0 bridgehead atoms. The Labute approximate surface area is 129 Å². The van der Waals surface area contributed by atoms with Gasteiger partial charge in [-0.3, -0.25) is 4.79 Å². The second kappa shape index (κ2) is 6.22. The van der Waals surface area contributed by atoms with E-state index in [0.717, 1.165) is 6.42 Å². The highest BCUT2D eigenvalue weighted by atomic mass is 16.5. The number of carbonyl (C=O) groups excluding carboxylic acids is 1. The molecule has 0 radical (unpaired) electrons. The number of carbonyl (C=O) groups is 1. The van der Waals surface area contributed by atoms with Crippen molar-refractivity contribution < 1.29 is 13.9 Å². The van der Waals surface area contributed by atoms with Crippen molar-refractivity contribution in [3.8, 4) is 5.75 Å². The number of rotatable bonds is 4. The van der Waals surface area contributed by atoms with Crippen molar-refractivity contribution in [1.82, 2.24) is 5.32 Å². The Balaban J connectivity index is 2.37. The van der Waals surface area contributed by atoms with Gasteiger partial charge in [-0.15, -0.1) is 0 Å². The lowest BCUT2D eigenvalue weighted by Crippen LogP contribution is -2.42. The van der Waals surface area contributed by atoms with Crippen molar-refractivity contribution in [2.75, 3.05) is 6.61 Å². The second-order valence-electron chi connectivity index (χ2n) is 6.20. The van der Waals surface area contributed by atoms with Crippen LogP contribution in [0.15, 0.2) is 33.5 Å². The summed E-state index contributed by atoms with van der Waals surface area (Å²) in [6.45, 7) is 8.17. The van der Waals surface area contributed by atoms with Gasteiger partial charge in [0.25, 0.3) is 5.91 Å². The first-order valence-corrected chi connectivity index (χ1v) is 7.33. The van der Waals surface area contributed by atoms with E-state index < -0.39 is 17.1 Å². The number of fused-ring (bicyclic) bond motifs is 1. The summed E-state index contributed by atoms with van der Waals surface area (Å²) < 4.78 is 10.8. The third kappa shape index (κ3) is 3.87. The van der Waals surface area contributed by atoms with Crippen LogP contribution in [0.3, 0.4) is 0 Å². The highest BCUT2D eigenvalue weighted by Gasteiger charge is 2.19. The molecule has 0 saturated carbocycles. The van der Waals surface area contributed by atoms with Crippen molar-refractivity contribution in [1.29, 1.82) is 0 Å². The summed E-state index contributed by atoms with van der Waals surface area (Å²) >= 11 is 0. The fraction of sp³-hybridized carbons (Fsp3) is 0.412. The van der Waals surface area contributed by atoms with Gasteiger partial charge in [-0.2, -0.15) is 0 Å². The molecule has 1 aromatic heterocycles. The molecule has 1 amide bonds. The third-order valence-corrected chi connectivity index (χ3v) is 2.91. The molecular weight excluding hydrogens is 282 g/mol. The van der Waals surface area contributed by atoms with Crippen molar-refractivity contribution >= 4 is 16.9 Å². The highest BCUT2D eigenvalue weighted by Crippen LogP contribution is 2.21. The lowest BCUT2D eigenvalue weighted by molar-refractivity contribution is 0.0916.